The Morgan fingerprint density at radius 3 is 2.84 bits per heavy atom. The van der Waals surface area contributed by atoms with E-state index >= 15 is 0 Å². The number of piperidine rings is 1. The molecular weight excluding hydrogens is 537 g/mol. The summed E-state index contributed by atoms with van der Waals surface area (Å²) < 4.78 is 5.25. The van der Waals surface area contributed by atoms with E-state index in [2.05, 4.69) is 25.5 Å². The Kier molecular flexibility index (Phi) is 10.4. The third kappa shape index (κ3) is 6.83. The standard InChI is InChI=1S/C25H29N5O4S.2ClH/c1-34-23-8-5-15-3-2-4-17(24(15)29-23)19(31)12-30-10-9-18(20(32)13-30)26-11-16-6-7-21-25(27-16)28-22(33)14-35-21;;/h2-8,18-20,26,31-32H,9-14H2,1H3,(H,27,28,33);2*1H/t18-,19-,20+;;/m1../s1. The number of amides is 1. The lowest BCUT2D eigenvalue weighted by Crippen LogP contribution is -2.53. The lowest BCUT2D eigenvalue weighted by molar-refractivity contribution is -0.113. The molecule has 0 bridgehead atoms. The molecule has 200 valence electrons. The van der Waals surface area contributed by atoms with E-state index in [9.17, 15) is 15.0 Å². The van der Waals surface area contributed by atoms with Gasteiger partial charge in [0, 0.05) is 42.7 Å². The number of benzene rings is 1. The molecule has 2 aliphatic rings. The minimum Gasteiger partial charge on any atom is -0.481 e. The van der Waals surface area contributed by atoms with Gasteiger partial charge in [0.15, 0.2) is 0 Å². The van der Waals surface area contributed by atoms with Crippen LogP contribution in [-0.4, -0.2) is 75.6 Å². The van der Waals surface area contributed by atoms with E-state index < -0.39 is 12.2 Å². The second-order valence-corrected chi connectivity index (χ2v) is 9.89. The summed E-state index contributed by atoms with van der Waals surface area (Å²) in [5, 5.41) is 28.9. The molecule has 0 unspecified atom stereocenters. The van der Waals surface area contributed by atoms with Crippen molar-refractivity contribution in [1.29, 1.82) is 0 Å². The van der Waals surface area contributed by atoms with Crippen LogP contribution in [-0.2, 0) is 11.3 Å². The van der Waals surface area contributed by atoms with Gasteiger partial charge in [-0.25, -0.2) is 9.97 Å². The number of hydrogen-bond acceptors (Lipinski definition) is 9. The van der Waals surface area contributed by atoms with Gasteiger partial charge in [-0.15, -0.1) is 36.6 Å². The van der Waals surface area contributed by atoms with Gasteiger partial charge in [0.25, 0.3) is 0 Å². The smallest absolute Gasteiger partial charge is 0.235 e. The minimum atomic E-state index is -0.734. The number of nitrogens with zero attached hydrogens (tertiary/aromatic N) is 3. The number of carbonyl (C=O) groups excluding carboxylic acids is 1. The largest absolute Gasteiger partial charge is 0.481 e. The van der Waals surface area contributed by atoms with E-state index in [1.54, 1.807) is 13.2 Å². The zero-order chi connectivity index (χ0) is 24.4. The molecule has 1 fully saturated rings. The summed E-state index contributed by atoms with van der Waals surface area (Å²) in [5.41, 5.74) is 2.29. The molecule has 5 rings (SSSR count). The summed E-state index contributed by atoms with van der Waals surface area (Å²) in [6, 6.07) is 13.3. The highest BCUT2D eigenvalue weighted by atomic mass is 35.5. The molecule has 3 atom stereocenters. The highest BCUT2D eigenvalue weighted by molar-refractivity contribution is 8.00. The Morgan fingerprint density at radius 1 is 1.22 bits per heavy atom. The topological polar surface area (TPSA) is 120 Å². The van der Waals surface area contributed by atoms with Gasteiger partial charge in [0.1, 0.15) is 5.82 Å². The fourth-order valence-corrected chi connectivity index (χ4v) is 5.37. The van der Waals surface area contributed by atoms with E-state index in [4.69, 9.17) is 4.74 Å². The summed E-state index contributed by atoms with van der Waals surface area (Å²) in [6.07, 6.45) is -0.565. The number of aliphatic hydroxyl groups is 2. The van der Waals surface area contributed by atoms with E-state index in [-0.39, 0.29) is 36.8 Å². The highest BCUT2D eigenvalue weighted by Gasteiger charge is 2.29. The predicted octanol–water partition coefficient (Wildman–Crippen LogP) is 2.78. The maximum Gasteiger partial charge on any atom is 0.235 e. The fraction of sp³-hybridized carbons (Fsp3) is 0.400. The number of halogens is 2. The number of β-amino-alcohol motifs (C(OH)–C–C–N with tert-alkyl or cyclic N) is 2. The number of para-hydroxylation sites is 1. The van der Waals surface area contributed by atoms with Crippen LogP contribution in [0.25, 0.3) is 10.9 Å². The number of carbonyl (C=O) groups is 1. The Hall–Kier alpha value is -2.18. The number of anilines is 1. The van der Waals surface area contributed by atoms with Crippen molar-refractivity contribution >= 4 is 59.2 Å². The highest BCUT2D eigenvalue weighted by Crippen LogP contribution is 2.30. The van der Waals surface area contributed by atoms with Crippen molar-refractivity contribution in [3.05, 3.63) is 53.7 Å². The van der Waals surface area contributed by atoms with E-state index in [1.807, 2.05) is 36.4 Å². The van der Waals surface area contributed by atoms with Crippen molar-refractivity contribution in [2.45, 2.75) is 36.1 Å². The SMILES string of the molecule is COc1ccc2cccc([C@H](O)CN3CC[C@@H](NCc4ccc5c(n4)NC(=O)CS5)[C@@H](O)C3)c2n1.Cl.Cl. The van der Waals surface area contributed by atoms with Crippen molar-refractivity contribution in [2.24, 2.45) is 0 Å². The number of aliphatic hydroxyl groups excluding tert-OH is 2. The van der Waals surface area contributed by atoms with Gasteiger partial charge in [0.05, 0.1) is 41.2 Å². The van der Waals surface area contributed by atoms with Crippen LogP contribution in [0.3, 0.4) is 0 Å². The number of methoxy groups -OCH3 is 1. The molecule has 12 heteroatoms. The van der Waals surface area contributed by atoms with Crippen molar-refractivity contribution in [3.63, 3.8) is 0 Å². The molecule has 1 aromatic carbocycles. The van der Waals surface area contributed by atoms with Crippen LogP contribution >= 0.6 is 36.6 Å². The first-order chi connectivity index (χ1) is 17.0. The van der Waals surface area contributed by atoms with E-state index in [0.29, 0.717) is 37.1 Å². The summed E-state index contributed by atoms with van der Waals surface area (Å²) in [7, 11) is 1.57. The van der Waals surface area contributed by atoms with Crippen LogP contribution in [0.2, 0.25) is 0 Å². The van der Waals surface area contributed by atoms with Gasteiger partial charge in [-0.3, -0.25) is 9.69 Å². The van der Waals surface area contributed by atoms with E-state index in [0.717, 1.165) is 40.0 Å². The molecule has 4 N–H and O–H groups in total. The average Bonchev–Trinajstić information content (AvgIpc) is 2.87. The molecule has 2 aliphatic heterocycles. The maximum atomic E-state index is 11.6. The molecule has 2 aromatic heterocycles. The molecule has 4 heterocycles. The van der Waals surface area contributed by atoms with Gasteiger partial charge in [-0.05, 0) is 31.2 Å². The first-order valence-corrected chi connectivity index (χ1v) is 12.7. The van der Waals surface area contributed by atoms with Crippen LogP contribution in [0.1, 0.15) is 23.8 Å². The van der Waals surface area contributed by atoms with Gasteiger partial charge in [-0.2, -0.15) is 0 Å². The number of hydrogen-bond donors (Lipinski definition) is 4. The Morgan fingerprint density at radius 2 is 2.05 bits per heavy atom. The van der Waals surface area contributed by atoms with Gasteiger partial charge < -0.3 is 25.6 Å². The van der Waals surface area contributed by atoms with Crippen molar-refractivity contribution < 1.29 is 19.7 Å². The lowest BCUT2D eigenvalue weighted by Gasteiger charge is -2.37. The van der Waals surface area contributed by atoms with Gasteiger partial charge in [-0.1, -0.05) is 18.2 Å². The number of ether oxygens (including phenoxy) is 1. The number of aromatic nitrogens is 2. The van der Waals surface area contributed by atoms with Crippen molar-refractivity contribution in [2.75, 3.05) is 37.8 Å². The molecule has 37 heavy (non-hydrogen) atoms. The Labute approximate surface area is 232 Å². The molecule has 1 amide bonds. The predicted molar refractivity (Wildman–Crippen MR) is 149 cm³/mol. The van der Waals surface area contributed by atoms with Crippen LogP contribution < -0.4 is 15.4 Å². The molecule has 0 aliphatic carbocycles. The zero-order valence-corrected chi connectivity index (χ0v) is 22.7. The van der Waals surface area contributed by atoms with Crippen LogP contribution in [0.4, 0.5) is 5.82 Å². The number of fused-ring (bicyclic) bond motifs is 2. The fourth-order valence-electron chi connectivity index (χ4n) is 4.62. The summed E-state index contributed by atoms with van der Waals surface area (Å²) in [5.74, 6) is 1.49. The summed E-state index contributed by atoms with van der Waals surface area (Å²) >= 11 is 1.49. The Balaban J connectivity index is 0.00000190. The number of thioether (sulfide) groups is 1. The number of nitrogens with one attached hydrogen (secondary N) is 2. The van der Waals surface area contributed by atoms with Gasteiger partial charge in [0.2, 0.25) is 11.8 Å². The Bertz CT molecular complexity index is 1240. The third-order valence-electron chi connectivity index (χ3n) is 6.47. The zero-order valence-electron chi connectivity index (χ0n) is 20.3. The van der Waals surface area contributed by atoms with Crippen LogP contribution in [0.15, 0.2) is 47.4 Å². The van der Waals surface area contributed by atoms with Crippen LogP contribution in [0.5, 0.6) is 5.88 Å². The monoisotopic (exact) mass is 567 g/mol. The first kappa shape index (κ1) is 29.4. The van der Waals surface area contributed by atoms with Gasteiger partial charge >= 0.3 is 0 Å². The number of likely N-dealkylation sites (tertiary alicyclic amines) is 1. The normalized spacial score (nSPS) is 20.2. The summed E-state index contributed by atoms with van der Waals surface area (Å²) in [4.78, 5) is 23.7. The summed E-state index contributed by atoms with van der Waals surface area (Å²) in [6.45, 7) is 2.12. The van der Waals surface area contributed by atoms with Crippen LogP contribution in [0, 0.1) is 0 Å². The third-order valence-corrected chi connectivity index (χ3v) is 7.52. The first-order valence-electron chi connectivity index (χ1n) is 11.7. The molecule has 0 saturated carbocycles. The second kappa shape index (κ2) is 13.1. The quantitative estimate of drug-likeness (QED) is 0.341. The average molecular weight is 569 g/mol. The van der Waals surface area contributed by atoms with Crippen molar-refractivity contribution in [1.82, 2.24) is 20.2 Å². The second-order valence-electron chi connectivity index (χ2n) is 8.88. The van der Waals surface area contributed by atoms with Crippen molar-refractivity contribution in [3.8, 4) is 5.88 Å². The molecule has 1 saturated heterocycles. The molecular formula is C25H31Cl2N5O4S. The number of rotatable bonds is 7. The minimum absolute atomic E-state index is 0. The molecule has 3 aromatic rings. The molecule has 0 radical (unpaired) electrons. The molecule has 9 nitrogen and oxygen atoms in total. The number of pyridine rings is 2. The maximum absolute atomic E-state index is 11.6. The molecule has 0 spiro atoms. The lowest BCUT2D eigenvalue weighted by atomic mass is 9.99. The van der Waals surface area contributed by atoms with E-state index in [1.165, 1.54) is 11.8 Å².